The Labute approximate surface area is 505 Å². The van der Waals surface area contributed by atoms with Crippen LogP contribution in [-0.2, 0) is 4.79 Å². The van der Waals surface area contributed by atoms with Crippen LogP contribution in [0.25, 0.3) is 0 Å². The molecule has 0 aliphatic heterocycles. The van der Waals surface area contributed by atoms with Gasteiger partial charge < -0.3 is 15.5 Å². The molecule has 0 heterocycles. The molecule has 480 valence electrons. The lowest BCUT2D eigenvalue weighted by Gasteiger charge is -2.22. The van der Waals surface area contributed by atoms with E-state index in [9.17, 15) is 15.0 Å². The molecule has 4 nitrogen and oxygen atoms in total. The van der Waals surface area contributed by atoms with Gasteiger partial charge >= 0.3 is 0 Å². The van der Waals surface area contributed by atoms with Crippen molar-refractivity contribution < 1.29 is 15.0 Å². The predicted octanol–water partition coefficient (Wildman–Crippen LogP) is 26.2. The van der Waals surface area contributed by atoms with Crippen molar-refractivity contribution >= 4 is 5.91 Å². The molecule has 0 saturated heterocycles. The van der Waals surface area contributed by atoms with E-state index in [4.69, 9.17) is 0 Å². The average Bonchev–Trinajstić information content (AvgIpc) is 3.46. The first-order chi connectivity index (χ1) is 39.7. The van der Waals surface area contributed by atoms with Crippen LogP contribution in [0.5, 0.6) is 0 Å². The summed E-state index contributed by atoms with van der Waals surface area (Å²) in [4.78, 5) is 12.6. The van der Waals surface area contributed by atoms with Crippen molar-refractivity contribution in [1.82, 2.24) is 5.32 Å². The van der Waals surface area contributed by atoms with Crippen LogP contribution in [0.1, 0.15) is 463 Å². The molecule has 2 atom stereocenters. The number of hydrogen-bond donors (Lipinski definition) is 3. The molecule has 0 aromatic rings. The summed E-state index contributed by atoms with van der Waals surface area (Å²) in [7, 11) is 0. The maximum absolute atomic E-state index is 12.6. The van der Waals surface area contributed by atoms with Gasteiger partial charge in [-0.1, -0.05) is 444 Å². The maximum Gasteiger partial charge on any atom is 0.220 e. The second-order valence-electron chi connectivity index (χ2n) is 26.8. The molecule has 80 heavy (non-hydrogen) atoms. The molecule has 0 aliphatic rings. The monoisotopic (exact) mass is 1130 g/mol. The van der Waals surface area contributed by atoms with Crippen molar-refractivity contribution in [1.29, 1.82) is 0 Å². The van der Waals surface area contributed by atoms with E-state index >= 15 is 0 Å². The lowest BCUT2D eigenvalue weighted by molar-refractivity contribution is -0.123. The summed E-state index contributed by atoms with van der Waals surface area (Å²) < 4.78 is 0. The molecule has 0 aliphatic carbocycles. The van der Waals surface area contributed by atoms with Gasteiger partial charge in [0.05, 0.1) is 18.8 Å². The topological polar surface area (TPSA) is 69.6 Å². The van der Waals surface area contributed by atoms with Gasteiger partial charge in [-0.25, -0.2) is 0 Å². The number of amides is 1. The van der Waals surface area contributed by atoms with Crippen molar-refractivity contribution in [2.24, 2.45) is 0 Å². The van der Waals surface area contributed by atoms with E-state index in [2.05, 4.69) is 19.2 Å². The zero-order valence-electron chi connectivity index (χ0n) is 55.7. The molecule has 0 bridgehead atoms. The first-order valence-electron chi connectivity index (χ1n) is 38.2. The Kier molecular flexibility index (Phi) is 72.1. The highest BCUT2D eigenvalue weighted by Crippen LogP contribution is 2.21. The van der Waals surface area contributed by atoms with Crippen LogP contribution >= 0.6 is 0 Å². The largest absolute Gasteiger partial charge is 0.394 e. The highest BCUT2D eigenvalue weighted by atomic mass is 16.3. The Morgan fingerprint density at radius 1 is 0.250 bits per heavy atom. The molecular formula is C76H153NO3. The minimum absolute atomic E-state index is 0.0182. The fraction of sp³-hybridized carbons (Fsp3) is 0.987. The lowest BCUT2D eigenvalue weighted by atomic mass is 10.0. The number of carbonyl (C=O) groups is 1. The summed E-state index contributed by atoms with van der Waals surface area (Å²) in [6.45, 7) is 4.43. The molecule has 0 fully saturated rings. The molecule has 0 saturated carbocycles. The van der Waals surface area contributed by atoms with Crippen LogP contribution in [0.3, 0.4) is 0 Å². The number of carbonyl (C=O) groups excluding carboxylic acids is 1. The third kappa shape index (κ3) is 68.2. The van der Waals surface area contributed by atoms with Gasteiger partial charge in [0.15, 0.2) is 0 Å². The molecule has 0 aromatic heterocycles. The van der Waals surface area contributed by atoms with Gasteiger partial charge in [-0.05, 0) is 12.8 Å². The van der Waals surface area contributed by atoms with Crippen LogP contribution in [0, 0.1) is 0 Å². The standard InChI is InChI=1S/C76H153NO3/c1-3-5-7-9-11-13-15-17-19-21-23-25-27-29-31-33-35-37-38-40-42-44-46-48-50-52-54-56-58-60-62-64-66-68-70-72-76(80)77-74(73-78)75(79)71-69-67-65-63-61-59-57-55-53-51-49-47-45-43-41-39-36-34-32-30-28-26-24-22-20-18-16-14-12-10-8-6-4-2/h74-75,78-79H,3-73H2,1-2H3,(H,77,80). The molecule has 2 unspecified atom stereocenters. The summed E-state index contributed by atoms with van der Waals surface area (Å²) in [5.41, 5.74) is 0. The number of rotatable bonds is 73. The Hall–Kier alpha value is -0.610. The molecule has 3 N–H and O–H groups in total. The van der Waals surface area contributed by atoms with E-state index in [-0.39, 0.29) is 12.5 Å². The van der Waals surface area contributed by atoms with Crippen molar-refractivity contribution in [2.45, 2.75) is 475 Å². The third-order valence-electron chi connectivity index (χ3n) is 18.6. The lowest BCUT2D eigenvalue weighted by Crippen LogP contribution is -2.45. The van der Waals surface area contributed by atoms with E-state index in [1.165, 1.54) is 411 Å². The van der Waals surface area contributed by atoms with Gasteiger partial charge in [-0.3, -0.25) is 4.79 Å². The first-order valence-corrected chi connectivity index (χ1v) is 38.2. The third-order valence-corrected chi connectivity index (χ3v) is 18.6. The zero-order valence-corrected chi connectivity index (χ0v) is 55.7. The van der Waals surface area contributed by atoms with Crippen LogP contribution in [0.15, 0.2) is 0 Å². The van der Waals surface area contributed by atoms with Crippen LogP contribution in [0.2, 0.25) is 0 Å². The number of hydrogen-bond acceptors (Lipinski definition) is 3. The number of aliphatic hydroxyl groups excluding tert-OH is 2. The second-order valence-corrected chi connectivity index (χ2v) is 26.8. The van der Waals surface area contributed by atoms with Gasteiger partial charge in [0.1, 0.15) is 0 Å². The fourth-order valence-electron chi connectivity index (χ4n) is 12.8. The minimum Gasteiger partial charge on any atom is -0.394 e. The smallest absolute Gasteiger partial charge is 0.220 e. The van der Waals surface area contributed by atoms with Crippen molar-refractivity contribution in [2.75, 3.05) is 6.61 Å². The summed E-state index contributed by atoms with van der Waals surface area (Å²) in [5.74, 6) is -0.0182. The first kappa shape index (κ1) is 79.4. The second kappa shape index (κ2) is 72.6. The minimum atomic E-state index is -0.657. The summed E-state index contributed by atoms with van der Waals surface area (Å²) >= 11 is 0. The van der Waals surface area contributed by atoms with E-state index in [1.807, 2.05) is 0 Å². The van der Waals surface area contributed by atoms with Gasteiger partial charge in [-0.15, -0.1) is 0 Å². The maximum atomic E-state index is 12.6. The van der Waals surface area contributed by atoms with Crippen molar-refractivity contribution in [3.63, 3.8) is 0 Å². The van der Waals surface area contributed by atoms with Gasteiger partial charge in [-0.2, -0.15) is 0 Å². The molecule has 0 radical (unpaired) electrons. The molecule has 1 amide bonds. The predicted molar refractivity (Wildman–Crippen MR) is 360 cm³/mol. The van der Waals surface area contributed by atoms with Crippen LogP contribution in [-0.4, -0.2) is 34.9 Å². The average molecular weight is 1130 g/mol. The van der Waals surface area contributed by atoms with E-state index in [0.717, 1.165) is 25.7 Å². The normalized spacial score (nSPS) is 12.5. The summed E-state index contributed by atoms with van der Waals surface area (Å²) in [6.07, 6.45) is 96.4. The van der Waals surface area contributed by atoms with Gasteiger partial charge in [0.25, 0.3) is 0 Å². The quantitative estimate of drug-likeness (QED) is 0.0532. The highest BCUT2D eigenvalue weighted by Gasteiger charge is 2.20. The van der Waals surface area contributed by atoms with Gasteiger partial charge in [0, 0.05) is 6.42 Å². The molecular weight excluding hydrogens is 975 g/mol. The van der Waals surface area contributed by atoms with Crippen LogP contribution in [0.4, 0.5) is 0 Å². The van der Waals surface area contributed by atoms with Crippen molar-refractivity contribution in [3.8, 4) is 0 Å². The van der Waals surface area contributed by atoms with Gasteiger partial charge in [0.2, 0.25) is 5.91 Å². The van der Waals surface area contributed by atoms with E-state index in [1.54, 1.807) is 0 Å². The fourth-order valence-corrected chi connectivity index (χ4v) is 12.8. The van der Waals surface area contributed by atoms with E-state index in [0.29, 0.717) is 12.8 Å². The molecule has 0 spiro atoms. The number of nitrogens with one attached hydrogen (secondary N) is 1. The molecule has 0 aromatic carbocycles. The number of aliphatic hydroxyl groups is 2. The Morgan fingerprint density at radius 3 is 0.562 bits per heavy atom. The van der Waals surface area contributed by atoms with Crippen LogP contribution < -0.4 is 5.32 Å². The van der Waals surface area contributed by atoms with Crippen molar-refractivity contribution in [3.05, 3.63) is 0 Å². The molecule has 4 heteroatoms. The Morgan fingerprint density at radius 2 is 0.400 bits per heavy atom. The van der Waals surface area contributed by atoms with E-state index < -0.39 is 12.1 Å². The number of unbranched alkanes of at least 4 members (excludes halogenated alkanes) is 66. The summed E-state index contributed by atoms with van der Waals surface area (Å²) in [5, 5.41) is 23.5. The Bertz CT molecular complexity index is 1100. The SMILES string of the molecule is CCCCCCCCCCCCCCCCCCCCCCCCCCCCCCCCCCCCCC(=O)NC(CO)C(O)CCCCCCCCCCCCCCCCCCCCCCCCCCCCCCCCCCC. The highest BCUT2D eigenvalue weighted by molar-refractivity contribution is 5.76. The molecule has 0 rings (SSSR count). The summed E-state index contributed by atoms with van der Waals surface area (Å²) in [6, 6.07) is -0.533. The Balaban J connectivity index is 3.34. The zero-order chi connectivity index (χ0) is 57.6.